The Morgan fingerprint density at radius 2 is 1.78 bits per heavy atom. The van der Waals surface area contributed by atoms with E-state index < -0.39 is 11.4 Å². The molecule has 0 bridgehead atoms. The molecule has 0 saturated heterocycles. The lowest BCUT2D eigenvalue weighted by atomic mass is 9.88. The third kappa shape index (κ3) is 2.24. The quantitative estimate of drug-likeness (QED) is 0.887. The summed E-state index contributed by atoms with van der Waals surface area (Å²) in [5.41, 5.74) is 0.0959. The highest BCUT2D eigenvalue weighted by molar-refractivity contribution is 5.37. The molecule has 18 heavy (non-hydrogen) atoms. The molecule has 1 heterocycles. The Labute approximate surface area is 104 Å². The number of rotatable bonds is 2. The highest BCUT2D eigenvalue weighted by Gasteiger charge is 2.28. The van der Waals surface area contributed by atoms with Crippen LogP contribution in [0.3, 0.4) is 0 Å². The fourth-order valence-electron chi connectivity index (χ4n) is 1.98. The van der Waals surface area contributed by atoms with E-state index in [-0.39, 0.29) is 5.82 Å². The summed E-state index contributed by atoms with van der Waals surface area (Å²) in [5, 5.41) is 10.5. The summed E-state index contributed by atoms with van der Waals surface area (Å²) in [6.45, 7) is 3.25. The Morgan fingerprint density at radius 3 is 2.33 bits per heavy atom. The molecule has 0 amide bonds. The molecule has 4 heteroatoms. The summed E-state index contributed by atoms with van der Waals surface area (Å²) in [6, 6.07) is 6.77. The number of nitrogens with zero attached hydrogens (tertiary/aromatic N) is 1. The van der Waals surface area contributed by atoms with Crippen LogP contribution in [0.4, 0.5) is 8.78 Å². The number of hydrogen-bond donors (Lipinski definition) is 1. The number of aromatic nitrogens is 1. The second-order valence-electron chi connectivity index (χ2n) is 4.39. The van der Waals surface area contributed by atoms with Gasteiger partial charge in [0.05, 0.1) is 11.9 Å². The molecular weight excluding hydrogens is 236 g/mol. The molecule has 1 aromatic carbocycles. The van der Waals surface area contributed by atoms with Gasteiger partial charge < -0.3 is 5.11 Å². The average Bonchev–Trinajstić information content (AvgIpc) is 2.29. The van der Waals surface area contributed by atoms with Crippen molar-refractivity contribution in [2.24, 2.45) is 0 Å². The molecule has 0 aliphatic rings. The van der Waals surface area contributed by atoms with Gasteiger partial charge in [-0.1, -0.05) is 6.07 Å². The van der Waals surface area contributed by atoms with Crippen molar-refractivity contribution in [1.82, 2.24) is 4.98 Å². The third-order valence-corrected chi connectivity index (χ3v) is 2.94. The van der Waals surface area contributed by atoms with Crippen molar-refractivity contribution in [3.63, 3.8) is 0 Å². The molecule has 94 valence electrons. The van der Waals surface area contributed by atoms with E-state index in [1.54, 1.807) is 13.8 Å². The number of pyridine rings is 1. The Kier molecular flexibility index (Phi) is 3.13. The van der Waals surface area contributed by atoms with Gasteiger partial charge >= 0.3 is 0 Å². The highest BCUT2D eigenvalue weighted by Crippen LogP contribution is 2.30. The number of halogens is 2. The molecule has 0 aliphatic heterocycles. The monoisotopic (exact) mass is 249 g/mol. The van der Waals surface area contributed by atoms with Crippen molar-refractivity contribution in [2.75, 3.05) is 0 Å². The van der Waals surface area contributed by atoms with Gasteiger partial charge in [-0.25, -0.2) is 8.78 Å². The minimum Gasteiger partial charge on any atom is -0.379 e. The van der Waals surface area contributed by atoms with Gasteiger partial charge in [0, 0.05) is 0 Å². The van der Waals surface area contributed by atoms with E-state index in [2.05, 4.69) is 4.98 Å². The van der Waals surface area contributed by atoms with Crippen LogP contribution in [0.15, 0.2) is 36.5 Å². The predicted octanol–water partition coefficient (Wildman–Crippen LogP) is 2.92. The number of aliphatic hydroxyl groups is 1. The minimum absolute atomic E-state index is 0.318. The molecule has 1 aromatic heterocycles. The van der Waals surface area contributed by atoms with Crippen LogP contribution in [-0.2, 0) is 5.60 Å². The van der Waals surface area contributed by atoms with Crippen molar-refractivity contribution < 1.29 is 13.9 Å². The summed E-state index contributed by atoms with van der Waals surface area (Å²) >= 11 is 0. The first-order valence-electron chi connectivity index (χ1n) is 5.52. The molecule has 1 unspecified atom stereocenters. The van der Waals surface area contributed by atoms with Crippen LogP contribution in [0.1, 0.15) is 23.7 Å². The van der Waals surface area contributed by atoms with Crippen molar-refractivity contribution >= 4 is 0 Å². The maximum Gasteiger partial charge on any atom is 0.141 e. The van der Waals surface area contributed by atoms with Gasteiger partial charge in [0.25, 0.3) is 0 Å². The smallest absolute Gasteiger partial charge is 0.141 e. The lowest BCUT2D eigenvalue weighted by Crippen LogP contribution is -2.25. The summed E-state index contributed by atoms with van der Waals surface area (Å²) < 4.78 is 25.9. The van der Waals surface area contributed by atoms with E-state index in [0.717, 1.165) is 6.20 Å². The molecule has 0 radical (unpaired) electrons. The van der Waals surface area contributed by atoms with E-state index in [9.17, 15) is 13.9 Å². The van der Waals surface area contributed by atoms with Crippen LogP contribution in [0, 0.1) is 18.6 Å². The number of benzene rings is 1. The Hall–Kier alpha value is -1.81. The van der Waals surface area contributed by atoms with Crippen molar-refractivity contribution in [3.8, 4) is 0 Å². The lowest BCUT2D eigenvalue weighted by molar-refractivity contribution is 0.0965. The Bertz CT molecular complexity index is 565. The van der Waals surface area contributed by atoms with E-state index in [1.165, 1.54) is 30.3 Å². The van der Waals surface area contributed by atoms with Gasteiger partial charge in [-0.15, -0.1) is 0 Å². The van der Waals surface area contributed by atoms with Gasteiger partial charge in [-0.05, 0) is 49.2 Å². The van der Waals surface area contributed by atoms with Gasteiger partial charge in [-0.2, -0.15) is 0 Å². The average molecular weight is 249 g/mol. The largest absolute Gasteiger partial charge is 0.379 e. The first kappa shape index (κ1) is 12.6. The lowest BCUT2D eigenvalue weighted by Gasteiger charge is -2.25. The molecule has 0 aliphatic carbocycles. The summed E-state index contributed by atoms with van der Waals surface area (Å²) in [5.74, 6) is -0.829. The normalized spacial score (nSPS) is 14.3. The van der Waals surface area contributed by atoms with Crippen molar-refractivity contribution in [3.05, 3.63) is 65.0 Å². The molecule has 0 saturated carbocycles. The number of aryl methyl sites for hydroxylation is 1. The summed E-state index contributed by atoms with van der Waals surface area (Å²) in [6.07, 6.45) is 1.04. The number of hydrogen-bond acceptors (Lipinski definition) is 2. The molecule has 0 fully saturated rings. The molecular formula is C14H13F2NO. The second-order valence-corrected chi connectivity index (χ2v) is 4.39. The van der Waals surface area contributed by atoms with Gasteiger partial charge in [-0.3, -0.25) is 4.98 Å². The Morgan fingerprint density at radius 1 is 1.11 bits per heavy atom. The van der Waals surface area contributed by atoms with E-state index in [1.807, 2.05) is 0 Å². The van der Waals surface area contributed by atoms with E-state index in [0.29, 0.717) is 16.8 Å². The molecule has 2 rings (SSSR count). The molecule has 1 atom stereocenters. The van der Waals surface area contributed by atoms with Crippen LogP contribution < -0.4 is 0 Å². The maximum absolute atomic E-state index is 13.0. The highest BCUT2D eigenvalue weighted by atomic mass is 19.1. The van der Waals surface area contributed by atoms with Crippen molar-refractivity contribution in [2.45, 2.75) is 19.4 Å². The molecule has 1 N–H and O–H groups in total. The standard InChI is InChI=1S/C14H13F2NO/c1-9-7-10(15)3-5-12(9)14(2,18)13-6-4-11(16)8-17-13/h3-8,18H,1-2H3. The van der Waals surface area contributed by atoms with Crippen LogP contribution in [0.2, 0.25) is 0 Å². The van der Waals surface area contributed by atoms with Gasteiger partial charge in [0.2, 0.25) is 0 Å². The fourth-order valence-corrected chi connectivity index (χ4v) is 1.98. The third-order valence-electron chi connectivity index (χ3n) is 2.94. The van der Waals surface area contributed by atoms with Crippen LogP contribution in [0.5, 0.6) is 0 Å². The topological polar surface area (TPSA) is 33.1 Å². The molecule has 2 aromatic rings. The van der Waals surface area contributed by atoms with E-state index in [4.69, 9.17) is 0 Å². The Balaban J connectivity index is 2.50. The SMILES string of the molecule is Cc1cc(F)ccc1C(C)(O)c1ccc(F)cn1. The molecule has 2 nitrogen and oxygen atoms in total. The first-order valence-corrected chi connectivity index (χ1v) is 5.52. The van der Waals surface area contributed by atoms with E-state index >= 15 is 0 Å². The van der Waals surface area contributed by atoms with Crippen LogP contribution in [-0.4, -0.2) is 10.1 Å². The van der Waals surface area contributed by atoms with Gasteiger partial charge in [0.15, 0.2) is 0 Å². The van der Waals surface area contributed by atoms with Crippen LogP contribution >= 0.6 is 0 Å². The van der Waals surface area contributed by atoms with Crippen molar-refractivity contribution in [1.29, 1.82) is 0 Å². The zero-order valence-corrected chi connectivity index (χ0v) is 10.1. The first-order chi connectivity index (χ1) is 8.41. The summed E-state index contributed by atoms with van der Waals surface area (Å²) in [4.78, 5) is 3.87. The summed E-state index contributed by atoms with van der Waals surface area (Å²) in [7, 11) is 0. The van der Waals surface area contributed by atoms with Crippen LogP contribution in [0.25, 0.3) is 0 Å². The fraction of sp³-hybridized carbons (Fsp3) is 0.214. The maximum atomic E-state index is 13.0. The molecule has 0 spiro atoms. The second kappa shape index (κ2) is 4.46. The zero-order valence-electron chi connectivity index (χ0n) is 10.1. The minimum atomic E-state index is -1.38. The predicted molar refractivity (Wildman–Crippen MR) is 64.0 cm³/mol. The zero-order chi connectivity index (χ0) is 13.3. The van der Waals surface area contributed by atoms with Gasteiger partial charge in [0.1, 0.15) is 17.2 Å².